The van der Waals surface area contributed by atoms with Gasteiger partial charge in [-0.25, -0.2) is 0 Å². The fraction of sp³-hybridized carbons (Fsp3) is 0.619. The van der Waals surface area contributed by atoms with Crippen LogP contribution in [0.3, 0.4) is 0 Å². The van der Waals surface area contributed by atoms with Crippen molar-refractivity contribution in [2.75, 3.05) is 13.1 Å². The summed E-state index contributed by atoms with van der Waals surface area (Å²) in [5.41, 5.74) is 4.56. The second-order valence-corrected chi connectivity index (χ2v) is 7.55. The van der Waals surface area contributed by atoms with Gasteiger partial charge in [0.2, 0.25) is 0 Å². The predicted octanol–water partition coefficient (Wildman–Crippen LogP) is 5.76. The molecule has 1 aromatic heterocycles. The lowest BCUT2D eigenvalue weighted by Crippen LogP contribution is -2.41. The molecule has 1 N–H and O–H groups in total. The Labute approximate surface area is 140 Å². The summed E-state index contributed by atoms with van der Waals surface area (Å²) in [7, 11) is 0. The van der Waals surface area contributed by atoms with Crippen LogP contribution < -0.4 is 0 Å². The van der Waals surface area contributed by atoms with Crippen molar-refractivity contribution in [3.8, 4) is 0 Å². The van der Waals surface area contributed by atoms with Gasteiger partial charge in [-0.3, -0.25) is 4.90 Å². The van der Waals surface area contributed by atoms with E-state index in [0.29, 0.717) is 6.04 Å². The molecule has 1 saturated heterocycles. The lowest BCUT2D eigenvalue weighted by Gasteiger charge is -2.43. The number of unbranched alkanes of at least 4 members (excludes halogenated alkanes) is 4. The average molecular weight is 310 g/mol. The van der Waals surface area contributed by atoms with Crippen molar-refractivity contribution in [1.82, 2.24) is 9.88 Å². The van der Waals surface area contributed by atoms with Crippen LogP contribution in [0.5, 0.6) is 0 Å². The second-order valence-electron chi connectivity index (χ2n) is 7.55. The minimum absolute atomic E-state index is 0.635. The van der Waals surface area contributed by atoms with E-state index in [9.17, 15) is 0 Å². The summed E-state index contributed by atoms with van der Waals surface area (Å²) < 4.78 is 0. The highest BCUT2D eigenvalue weighted by Gasteiger charge is 2.37. The number of nitrogens with one attached hydrogen (secondary N) is 1. The van der Waals surface area contributed by atoms with Crippen LogP contribution in [-0.4, -0.2) is 23.0 Å². The van der Waals surface area contributed by atoms with E-state index in [2.05, 4.69) is 41.1 Å². The van der Waals surface area contributed by atoms with Crippen LogP contribution in [0.4, 0.5) is 0 Å². The summed E-state index contributed by atoms with van der Waals surface area (Å²) in [4.78, 5) is 6.57. The van der Waals surface area contributed by atoms with E-state index in [-0.39, 0.29) is 0 Å². The molecule has 3 heterocycles. The lowest BCUT2D eigenvalue weighted by molar-refractivity contribution is 0.119. The van der Waals surface area contributed by atoms with E-state index in [4.69, 9.17) is 0 Å². The Hall–Kier alpha value is -1.28. The van der Waals surface area contributed by atoms with Gasteiger partial charge in [0.15, 0.2) is 0 Å². The number of benzene rings is 1. The number of H-pyrrole nitrogens is 1. The first-order valence-corrected chi connectivity index (χ1v) is 9.73. The van der Waals surface area contributed by atoms with E-state index in [1.807, 2.05) is 0 Å². The van der Waals surface area contributed by atoms with Gasteiger partial charge in [-0.15, -0.1) is 0 Å². The third-order valence-electron chi connectivity index (χ3n) is 5.99. The number of nitrogens with zero attached hydrogens (tertiary/aromatic N) is 1. The van der Waals surface area contributed by atoms with Gasteiger partial charge in [0.05, 0.1) is 6.04 Å². The number of piperidine rings is 1. The van der Waals surface area contributed by atoms with Crippen molar-refractivity contribution in [2.24, 2.45) is 0 Å². The van der Waals surface area contributed by atoms with Crippen LogP contribution in [0, 0.1) is 0 Å². The summed E-state index contributed by atoms with van der Waals surface area (Å²) in [6.07, 6.45) is 11.0. The van der Waals surface area contributed by atoms with Crippen LogP contribution in [0.2, 0.25) is 0 Å². The summed E-state index contributed by atoms with van der Waals surface area (Å²) in [5.74, 6) is 0.756. The SMILES string of the molecule is CCCCCCC[C@@H]1c2[nH]c3ccccc3c2[C@H]2CCCN1C2. The number of rotatable bonds is 6. The molecule has 2 heteroatoms. The Morgan fingerprint density at radius 1 is 1.13 bits per heavy atom. The first kappa shape index (κ1) is 15.3. The first-order valence-electron chi connectivity index (χ1n) is 9.73. The number of aromatic nitrogens is 1. The molecule has 2 aliphatic rings. The van der Waals surface area contributed by atoms with E-state index in [1.165, 1.54) is 75.4 Å². The molecular weight excluding hydrogens is 280 g/mol. The van der Waals surface area contributed by atoms with Gasteiger partial charge < -0.3 is 4.98 Å². The van der Waals surface area contributed by atoms with Crippen molar-refractivity contribution < 1.29 is 0 Å². The summed E-state index contributed by atoms with van der Waals surface area (Å²) in [5, 5.41) is 1.49. The van der Waals surface area contributed by atoms with Crippen molar-refractivity contribution in [3.05, 3.63) is 35.5 Å². The second kappa shape index (κ2) is 6.68. The zero-order chi connectivity index (χ0) is 15.6. The third-order valence-corrected chi connectivity index (χ3v) is 5.99. The standard InChI is InChI=1S/C21H30N2/c1-2-3-4-5-6-13-19-21-20(16-10-9-14-23(19)15-16)17-11-7-8-12-18(17)22-21/h7-8,11-12,16,19,22H,2-6,9-10,13-15H2,1H3/t16-,19+/m0/s1. The van der Waals surface area contributed by atoms with Crippen molar-refractivity contribution in [2.45, 2.75) is 70.3 Å². The molecule has 0 saturated carbocycles. The van der Waals surface area contributed by atoms with Gasteiger partial charge in [0, 0.05) is 23.1 Å². The molecule has 124 valence electrons. The third kappa shape index (κ3) is 2.82. The maximum Gasteiger partial charge on any atom is 0.0501 e. The lowest BCUT2D eigenvalue weighted by atomic mass is 9.81. The highest BCUT2D eigenvalue weighted by Crippen LogP contribution is 2.46. The molecule has 1 fully saturated rings. The van der Waals surface area contributed by atoms with E-state index < -0.39 is 0 Å². The van der Waals surface area contributed by atoms with Crippen LogP contribution in [-0.2, 0) is 0 Å². The van der Waals surface area contributed by atoms with Crippen LogP contribution in [0.15, 0.2) is 24.3 Å². The Morgan fingerprint density at radius 2 is 2.00 bits per heavy atom. The molecule has 4 rings (SSSR count). The van der Waals surface area contributed by atoms with Crippen LogP contribution in [0.25, 0.3) is 10.9 Å². The number of hydrogen-bond donors (Lipinski definition) is 1. The predicted molar refractivity (Wildman–Crippen MR) is 98.0 cm³/mol. The molecule has 2 nitrogen and oxygen atoms in total. The normalized spacial score (nSPS) is 26.4. The maximum atomic E-state index is 3.81. The molecule has 3 atom stereocenters. The maximum absolute atomic E-state index is 3.81. The number of hydrogen-bond acceptors (Lipinski definition) is 1. The fourth-order valence-electron chi connectivity index (χ4n) is 4.86. The van der Waals surface area contributed by atoms with Gasteiger partial charge >= 0.3 is 0 Å². The van der Waals surface area contributed by atoms with Gasteiger partial charge in [0.1, 0.15) is 0 Å². The highest BCUT2D eigenvalue weighted by atomic mass is 15.2. The van der Waals surface area contributed by atoms with Gasteiger partial charge in [-0.1, -0.05) is 57.2 Å². The Balaban J connectivity index is 1.60. The van der Waals surface area contributed by atoms with Crippen molar-refractivity contribution >= 4 is 10.9 Å². The molecule has 2 aliphatic heterocycles. The summed E-state index contributed by atoms with van der Waals surface area (Å²) in [6.45, 7) is 4.88. The molecule has 23 heavy (non-hydrogen) atoms. The van der Waals surface area contributed by atoms with Crippen molar-refractivity contribution in [3.63, 3.8) is 0 Å². The number of aromatic amines is 1. The molecule has 2 aromatic rings. The minimum atomic E-state index is 0.635. The quantitative estimate of drug-likeness (QED) is 0.672. The zero-order valence-corrected chi connectivity index (χ0v) is 14.5. The Bertz CT molecular complexity index is 657. The van der Waals surface area contributed by atoms with Crippen molar-refractivity contribution in [1.29, 1.82) is 0 Å². The molecule has 0 aliphatic carbocycles. The van der Waals surface area contributed by atoms with Crippen LogP contribution in [0.1, 0.15) is 81.5 Å². The largest absolute Gasteiger partial charge is 0.357 e. The molecule has 0 radical (unpaired) electrons. The zero-order valence-electron chi connectivity index (χ0n) is 14.5. The number of fused-ring (bicyclic) bond motifs is 6. The topological polar surface area (TPSA) is 19.0 Å². The molecular formula is C21H30N2. The first-order chi connectivity index (χ1) is 11.4. The molecule has 0 amide bonds. The van der Waals surface area contributed by atoms with Gasteiger partial charge in [-0.05, 0) is 43.4 Å². The van der Waals surface area contributed by atoms with Crippen LogP contribution >= 0.6 is 0 Å². The van der Waals surface area contributed by atoms with E-state index in [0.717, 1.165) is 5.92 Å². The summed E-state index contributed by atoms with van der Waals surface area (Å²) in [6, 6.07) is 9.58. The average Bonchev–Trinajstić information content (AvgIpc) is 2.97. The Morgan fingerprint density at radius 3 is 2.91 bits per heavy atom. The van der Waals surface area contributed by atoms with E-state index >= 15 is 0 Å². The monoisotopic (exact) mass is 310 g/mol. The van der Waals surface area contributed by atoms with E-state index in [1.54, 1.807) is 11.3 Å². The Kier molecular flexibility index (Phi) is 4.43. The smallest absolute Gasteiger partial charge is 0.0501 e. The van der Waals surface area contributed by atoms with Gasteiger partial charge in [-0.2, -0.15) is 0 Å². The highest BCUT2D eigenvalue weighted by molar-refractivity contribution is 5.85. The molecule has 2 bridgehead atoms. The minimum Gasteiger partial charge on any atom is -0.357 e. The molecule has 1 aromatic carbocycles. The van der Waals surface area contributed by atoms with Gasteiger partial charge in [0.25, 0.3) is 0 Å². The fourth-order valence-corrected chi connectivity index (χ4v) is 4.86. The molecule has 1 unspecified atom stereocenters. The summed E-state index contributed by atoms with van der Waals surface area (Å²) >= 11 is 0. The molecule has 0 spiro atoms. The number of para-hydroxylation sites is 1.